The minimum Gasteiger partial charge on any atom is -0.492 e. The van der Waals surface area contributed by atoms with E-state index in [1.165, 1.54) is 0 Å². The maximum Gasteiger partial charge on any atom is 0.209 e. The minimum absolute atomic E-state index is 0.0652. The number of hydrogen-bond acceptors (Lipinski definition) is 3. The molecule has 0 amide bonds. The van der Waals surface area contributed by atoms with Crippen LogP contribution in [0.2, 0.25) is 5.02 Å². The number of benzene rings is 1. The molecule has 6 heteroatoms. The third kappa shape index (κ3) is 6.27. The lowest BCUT2D eigenvalue weighted by atomic mass is 10.1. The quantitative estimate of drug-likeness (QED) is 0.842. The summed E-state index contributed by atoms with van der Waals surface area (Å²) in [5.41, 5.74) is 1.04. The molecule has 1 unspecified atom stereocenters. The Morgan fingerprint density at radius 2 is 2.11 bits per heavy atom. The van der Waals surface area contributed by atoms with Gasteiger partial charge in [-0.25, -0.2) is 13.6 Å². The highest BCUT2D eigenvalue weighted by atomic mass is 35.5. The minimum atomic E-state index is -3.48. The van der Waals surface area contributed by atoms with Crippen molar-refractivity contribution in [3.8, 4) is 5.75 Å². The Morgan fingerprint density at radius 3 is 2.68 bits per heavy atom. The number of nitrogens with two attached hydrogens (primary N) is 1. The van der Waals surface area contributed by atoms with Gasteiger partial charge in [-0.1, -0.05) is 31.0 Å². The summed E-state index contributed by atoms with van der Waals surface area (Å²) in [6.45, 7) is 4.24. The van der Waals surface area contributed by atoms with Crippen LogP contribution in [-0.4, -0.2) is 20.8 Å². The molecule has 0 spiro atoms. The van der Waals surface area contributed by atoms with Crippen molar-refractivity contribution in [1.29, 1.82) is 0 Å². The highest BCUT2D eigenvalue weighted by Gasteiger charge is 2.16. The summed E-state index contributed by atoms with van der Waals surface area (Å²) in [5.74, 6) is 0.401. The van der Waals surface area contributed by atoms with Crippen LogP contribution in [0.1, 0.15) is 25.3 Å². The summed E-state index contributed by atoms with van der Waals surface area (Å²) in [6, 6.07) is 5.49. The molecule has 0 heterocycles. The Bertz CT molecular complexity index is 517. The van der Waals surface area contributed by atoms with Crippen LogP contribution in [0.25, 0.3) is 0 Å². The SMILES string of the molecule is CCCC(COc1cc(C)ccc1Cl)CS(N)(=O)=O. The first kappa shape index (κ1) is 16.3. The molecule has 0 aromatic heterocycles. The molecule has 4 nitrogen and oxygen atoms in total. The highest BCUT2D eigenvalue weighted by Crippen LogP contribution is 2.26. The van der Waals surface area contributed by atoms with E-state index in [0.29, 0.717) is 17.4 Å². The van der Waals surface area contributed by atoms with E-state index in [2.05, 4.69) is 0 Å². The molecular weight excluding hydrogens is 286 g/mol. The molecule has 0 saturated carbocycles. The van der Waals surface area contributed by atoms with Crippen molar-refractivity contribution >= 4 is 21.6 Å². The van der Waals surface area contributed by atoms with Gasteiger partial charge in [0.15, 0.2) is 0 Å². The summed E-state index contributed by atoms with van der Waals surface area (Å²) in [4.78, 5) is 0. The summed E-state index contributed by atoms with van der Waals surface area (Å²) in [6.07, 6.45) is 1.63. The van der Waals surface area contributed by atoms with Gasteiger partial charge in [0, 0.05) is 5.92 Å². The fraction of sp³-hybridized carbons (Fsp3) is 0.538. The van der Waals surface area contributed by atoms with Crippen LogP contribution in [0.3, 0.4) is 0 Å². The topological polar surface area (TPSA) is 69.4 Å². The second-order valence-electron chi connectivity index (χ2n) is 4.73. The zero-order chi connectivity index (χ0) is 14.5. The van der Waals surface area contributed by atoms with Crippen LogP contribution >= 0.6 is 11.6 Å². The lowest BCUT2D eigenvalue weighted by Gasteiger charge is -2.16. The number of hydrogen-bond donors (Lipinski definition) is 1. The average molecular weight is 306 g/mol. The van der Waals surface area contributed by atoms with E-state index in [1.54, 1.807) is 6.07 Å². The molecule has 0 aliphatic carbocycles. The van der Waals surface area contributed by atoms with E-state index in [0.717, 1.165) is 18.4 Å². The normalized spacial score (nSPS) is 13.3. The first-order valence-electron chi connectivity index (χ1n) is 6.21. The fourth-order valence-electron chi connectivity index (χ4n) is 1.88. The lowest BCUT2D eigenvalue weighted by Crippen LogP contribution is -2.27. The zero-order valence-corrected chi connectivity index (χ0v) is 12.8. The Balaban J connectivity index is 2.68. The smallest absolute Gasteiger partial charge is 0.209 e. The number of sulfonamides is 1. The van der Waals surface area contributed by atoms with Crippen LogP contribution in [0.15, 0.2) is 18.2 Å². The van der Waals surface area contributed by atoms with Crippen LogP contribution in [0.4, 0.5) is 0 Å². The molecule has 0 bridgehead atoms. The molecule has 0 saturated heterocycles. The molecule has 108 valence electrons. The average Bonchev–Trinajstić information content (AvgIpc) is 2.28. The van der Waals surface area contributed by atoms with E-state index in [4.69, 9.17) is 21.5 Å². The van der Waals surface area contributed by atoms with Gasteiger partial charge >= 0.3 is 0 Å². The van der Waals surface area contributed by atoms with Crippen LogP contribution in [0, 0.1) is 12.8 Å². The fourth-order valence-corrected chi connectivity index (χ4v) is 2.97. The molecule has 0 aliphatic heterocycles. The maximum atomic E-state index is 11.1. The van der Waals surface area contributed by atoms with Crippen LogP contribution in [0.5, 0.6) is 5.75 Å². The zero-order valence-electron chi connectivity index (χ0n) is 11.2. The largest absolute Gasteiger partial charge is 0.492 e. The van der Waals surface area contributed by atoms with Gasteiger partial charge in [-0.15, -0.1) is 0 Å². The lowest BCUT2D eigenvalue weighted by molar-refractivity contribution is 0.252. The van der Waals surface area contributed by atoms with Gasteiger partial charge in [-0.2, -0.15) is 0 Å². The van der Waals surface area contributed by atoms with Crippen molar-refractivity contribution in [3.05, 3.63) is 28.8 Å². The van der Waals surface area contributed by atoms with Gasteiger partial charge in [0.05, 0.1) is 17.4 Å². The Morgan fingerprint density at radius 1 is 1.42 bits per heavy atom. The number of primary sulfonamides is 1. The van der Waals surface area contributed by atoms with Crippen molar-refractivity contribution in [2.45, 2.75) is 26.7 Å². The number of rotatable bonds is 7. The molecular formula is C13H20ClNO3S. The van der Waals surface area contributed by atoms with Crippen LogP contribution in [-0.2, 0) is 10.0 Å². The van der Waals surface area contributed by atoms with Gasteiger partial charge in [0.25, 0.3) is 0 Å². The van der Waals surface area contributed by atoms with Crippen molar-refractivity contribution in [2.24, 2.45) is 11.1 Å². The van der Waals surface area contributed by atoms with Crippen molar-refractivity contribution in [3.63, 3.8) is 0 Å². The Hall–Kier alpha value is -0.780. The molecule has 1 aromatic rings. The number of halogens is 1. The molecule has 1 rings (SSSR count). The summed E-state index contributed by atoms with van der Waals surface area (Å²) in [5, 5.41) is 5.60. The van der Waals surface area contributed by atoms with Crippen LogP contribution < -0.4 is 9.88 Å². The molecule has 2 N–H and O–H groups in total. The summed E-state index contributed by atoms with van der Waals surface area (Å²) in [7, 11) is -3.48. The standard InChI is InChI=1S/C13H20ClNO3S/c1-3-4-11(9-19(15,16)17)8-18-13-7-10(2)5-6-12(13)14/h5-7,11H,3-4,8-9H2,1-2H3,(H2,15,16,17). The van der Waals surface area contributed by atoms with Gasteiger partial charge in [0.2, 0.25) is 10.0 Å². The monoisotopic (exact) mass is 305 g/mol. The van der Waals surface area contributed by atoms with E-state index in [9.17, 15) is 8.42 Å². The van der Waals surface area contributed by atoms with Crippen molar-refractivity contribution in [1.82, 2.24) is 0 Å². The van der Waals surface area contributed by atoms with Gasteiger partial charge < -0.3 is 4.74 Å². The maximum absolute atomic E-state index is 11.1. The van der Waals surface area contributed by atoms with Gasteiger partial charge in [-0.3, -0.25) is 0 Å². The molecule has 1 atom stereocenters. The van der Waals surface area contributed by atoms with E-state index >= 15 is 0 Å². The molecule has 19 heavy (non-hydrogen) atoms. The molecule has 0 aliphatic rings. The predicted molar refractivity (Wildman–Crippen MR) is 78.1 cm³/mol. The second kappa shape index (κ2) is 7.12. The first-order valence-corrected chi connectivity index (χ1v) is 8.30. The third-order valence-electron chi connectivity index (χ3n) is 2.73. The molecule has 0 radical (unpaired) electrons. The highest BCUT2D eigenvalue weighted by molar-refractivity contribution is 7.89. The summed E-state index contributed by atoms with van der Waals surface area (Å²) >= 11 is 6.02. The van der Waals surface area contributed by atoms with E-state index < -0.39 is 10.0 Å². The second-order valence-corrected chi connectivity index (χ2v) is 6.80. The Kier molecular flexibility index (Phi) is 6.10. The summed E-state index contributed by atoms with van der Waals surface area (Å²) < 4.78 is 27.9. The molecule has 0 fully saturated rings. The molecule has 1 aromatic carbocycles. The third-order valence-corrected chi connectivity index (χ3v) is 3.97. The van der Waals surface area contributed by atoms with Gasteiger partial charge in [-0.05, 0) is 31.0 Å². The van der Waals surface area contributed by atoms with Gasteiger partial charge in [0.1, 0.15) is 5.75 Å². The number of ether oxygens (including phenoxy) is 1. The Labute approximate surface area is 120 Å². The predicted octanol–water partition coefficient (Wildman–Crippen LogP) is 2.73. The first-order chi connectivity index (χ1) is 8.81. The number of aryl methyl sites for hydroxylation is 1. The van der Waals surface area contributed by atoms with E-state index in [1.807, 2.05) is 26.0 Å². The van der Waals surface area contributed by atoms with Crippen molar-refractivity contribution in [2.75, 3.05) is 12.4 Å². The van der Waals surface area contributed by atoms with E-state index in [-0.39, 0.29) is 11.7 Å². The van der Waals surface area contributed by atoms with Crippen molar-refractivity contribution < 1.29 is 13.2 Å².